The zero-order chi connectivity index (χ0) is 16.2. The molecule has 1 fully saturated rings. The third-order valence-electron chi connectivity index (χ3n) is 3.34. The number of nitro groups is 1. The van der Waals surface area contributed by atoms with Crippen LogP contribution in [0.4, 0.5) is 17.3 Å². The van der Waals surface area contributed by atoms with Crippen molar-refractivity contribution in [2.24, 2.45) is 5.10 Å². The van der Waals surface area contributed by atoms with E-state index >= 15 is 0 Å². The zero-order valence-electron chi connectivity index (χ0n) is 12.1. The Kier molecular flexibility index (Phi) is 4.10. The Labute approximate surface area is 130 Å². The van der Waals surface area contributed by atoms with Crippen LogP contribution in [0, 0.1) is 10.1 Å². The quantitative estimate of drug-likeness (QED) is 0.468. The van der Waals surface area contributed by atoms with Gasteiger partial charge in [0.15, 0.2) is 0 Å². The van der Waals surface area contributed by atoms with Gasteiger partial charge in [-0.15, -0.1) is 0 Å². The number of nitro benzene ring substituents is 1. The lowest BCUT2D eigenvalue weighted by Gasteiger charge is -2.28. The first-order chi connectivity index (χ1) is 11.1. The van der Waals surface area contributed by atoms with Gasteiger partial charge in [-0.05, 0) is 16.5 Å². The van der Waals surface area contributed by atoms with Crippen molar-refractivity contribution in [1.29, 1.82) is 0 Å². The van der Waals surface area contributed by atoms with Gasteiger partial charge in [0.25, 0.3) is 11.6 Å². The smallest absolute Gasteiger partial charge is 0.293 e. The molecule has 120 valence electrons. The predicted octanol–water partition coefficient (Wildman–Crippen LogP) is -0.118. The van der Waals surface area contributed by atoms with Gasteiger partial charge in [0.2, 0.25) is 0 Å². The van der Waals surface area contributed by atoms with Crippen LogP contribution in [-0.4, -0.2) is 57.8 Å². The van der Waals surface area contributed by atoms with Crippen molar-refractivity contribution < 1.29 is 9.66 Å². The Morgan fingerprint density at radius 3 is 2.83 bits per heavy atom. The molecule has 11 heteroatoms. The second-order valence-corrected chi connectivity index (χ2v) is 4.78. The van der Waals surface area contributed by atoms with Crippen LogP contribution < -0.4 is 10.6 Å². The highest BCUT2D eigenvalue weighted by Gasteiger charge is 2.21. The SMILES string of the molecule is Nc1nnnn1N=Cc1ccc(N2CCOCC2)c([N+](=O)[O-])c1. The fourth-order valence-electron chi connectivity index (χ4n) is 2.23. The molecular weight excluding hydrogens is 304 g/mol. The number of tetrazole rings is 1. The average molecular weight is 318 g/mol. The van der Waals surface area contributed by atoms with Crippen LogP contribution >= 0.6 is 0 Å². The molecule has 0 spiro atoms. The maximum atomic E-state index is 11.3. The summed E-state index contributed by atoms with van der Waals surface area (Å²) in [7, 11) is 0. The van der Waals surface area contributed by atoms with Gasteiger partial charge >= 0.3 is 0 Å². The van der Waals surface area contributed by atoms with Gasteiger partial charge in [0, 0.05) is 24.7 Å². The lowest BCUT2D eigenvalue weighted by Crippen LogP contribution is -2.36. The molecule has 1 aliphatic heterocycles. The van der Waals surface area contributed by atoms with Gasteiger partial charge in [0.05, 0.1) is 24.4 Å². The molecular formula is C12H14N8O3. The molecule has 0 atom stereocenters. The van der Waals surface area contributed by atoms with E-state index in [2.05, 4.69) is 20.6 Å². The van der Waals surface area contributed by atoms with Crippen LogP contribution in [0.1, 0.15) is 5.56 Å². The molecule has 1 aromatic heterocycles. The van der Waals surface area contributed by atoms with E-state index in [4.69, 9.17) is 10.5 Å². The van der Waals surface area contributed by atoms with E-state index in [-0.39, 0.29) is 11.6 Å². The first kappa shape index (κ1) is 14.8. The molecule has 0 amide bonds. The first-order valence-corrected chi connectivity index (χ1v) is 6.84. The van der Waals surface area contributed by atoms with Gasteiger partial charge in [-0.25, -0.2) is 0 Å². The fraction of sp³-hybridized carbons (Fsp3) is 0.333. The van der Waals surface area contributed by atoms with E-state index in [1.807, 2.05) is 4.90 Å². The van der Waals surface area contributed by atoms with Crippen LogP contribution in [-0.2, 0) is 4.74 Å². The molecule has 1 saturated heterocycles. The number of hydrogen-bond donors (Lipinski definition) is 1. The summed E-state index contributed by atoms with van der Waals surface area (Å²) < 4.78 is 5.27. The molecule has 1 aromatic carbocycles. The zero-order valence-corrected chi connectivity index (χ0v) is 12.1. The van der Waals surface area contributed by atoms with Gasteiger partial charge in [0.1, 0.15) is 5.69 Å². The summed E-state index contributed by atoms with van der Waals surface area (Å²) in [5.74, 6) is 0.0284. The molecule has 1 aliphatic rings. The predicted molar refractivity (Wildman–Crippen MR) is 81.3 cm³/mol. The topological polar surface area (TPSA) is 138 Å². The number of nitrogen functional groups attached to an aromatic ring is 1. The van der Waals surface area contributed by atoms with Crippen molar-refractivity contribution in [3.8, 4) is 0 Å². The largest absolute Gasteiger partial charge is 0.378 e. The van der Waals surface area contributed by atoms with Crippen molar-refractivity contribution in [3.05, 3.63) is 33.9 Å². The third kappa shape index (κ3) is 3.23. The summed E-state index contributed by atoms with van der Waals surface area (Å²) in [6.45, 7) is 2.35. The van der Waals surface area contributed by atoms with Crippen LogP contribution in [0.3, 0.4) is 0 Å². The standard InChI is InChI=1S/C12H14N8O3/c13-12-15-16-17-19(12)14-8-9-1-2-10(11(7-9)20(21)22)18-3-5-23-6-4-18/h1-2,7-8H,3-6H2,(H2,13,15,17). The van der Waals surface area contributed by atoms with Gasteiger partial charge in [-0.1, -0.05) is 16.0 Å². The molecule has 3 rings (SSSR count). The monoisotopic (exact) mass is 318 g/mol. The molecule has 2 heterocycles. The molecule has 0 radical (unpaired) electrons. The normalized spacial score (nSPS) is 15.2. The minimum atomic E-state index is -0.409. The number of nitrogens with two attached hydrogens (primary N) is 1. The van der Waals surface area contributed by atoms with Crippen molar-refractivity contribution in [3.63, 3.8) is 0 Å². The van der Waals surface area contributed by atoms with Crippen molar-refractivity contribution >= 4 is 23.5 Å². The van der Waals surface area contributed by atoms with E-state index < -0.39 is 4.92 Å². The van der Waals surface area contributed by atoms with Crippen molar-refractivity contribution in [2.45, 2.75) is 0 Å². The van der Waals surface area contributed by atoms with E-state index in [1.54, 1.807) is 12.1 Å². The Morgan fingerprint density at radius 1 is 1.39 bits per heavy atom. The minimum absolute atomic E-state index is 0.0144. The van der Waals surface area contributed by atoms with E-state index in [9.17, 15) is 10.1 Å². The summed E-state index contributed by atoms with van der Waals surface area (Å²) in [5.41, 5.74) is 6.62. The molecule has 0 unspecified atom stereocenters. The number of morpholine rings is 1. The van der Waals surface area contributed by atoms with Gasteiger partial charge in [-0.3, -0.25) is 10.1 Å². The number of hydrogen-bond acceptors (Lipinski definition) is 9. The Balaban J connectivity index is 1.88. The van der Waals surface area contributed by atoms with E-state index in [0.717, 1.165) is 4.79 Å². The van der Waals surface area contributed by atoms with E-state index in [0.29, 0.717) is 37.6 Å². The summed E-state index contributed by atoms with van der Waals surface area (Å²) >= 11 is 0. The summed E-state index contributed by atoms with van der Waals surface area (Å²) in [6, 6.07) is 4.89. The van der Waals surface area contributed by atoms with Crippen molar-refractivity contribution in [2.75, 3.05) is 36.9 Å². The number of rotatable bonds is 4. The number of benzene rings is 1. The lowest BCUT2D eigenvalue weighted by molar-refractivity contribution is -0.384. The molecule has 0 bridgehead atoms. The summed E-state index contributed by atoms with van der Waals surface area (Å²) in [4.78, 5) is 13.9. The molecule has 0 saturated carbocycles. The fourth-order valence-corrected chi connectivity index (χ4v) is 2.23. The second-order valence-electron chi connectivity index (χ2n) is 4.78. The average Bonchev–Trinajstić information content (AvgIpc) is 2.98. The number of anilines is 2. The number of ether oxygens (including phenoxy) is 1. The highest BCUT2D eigenvalue weighted by Crippen LogP contribution is 2.29. The van der Waals surface area contributed by atoms with Crippen LogP contribution in [0.2, 0.25) is 0 Å². The minimum Gasteiger partial charge on any atom is -0.378 e. The maximum Gasteiger partial charge on any atom is 0.293 e. The maximum absolute atomic E-state index is 11.3. The molecule has 2 N–H and O–H groups in total. The molecule has 11 nitrogen and oxygen atoms in total. The first-order valence-electron chi connectivity index (χ1n) is 6.84. The Hall–Kier alpha value is -3.08. The Morgan fingerprint density at radius 2 is 2.17 bits per heavy atom. The third-order valence-corrected chi connectivity index (χ3v) is 3.34. The molecule has 2 aromatic rings. The molecule has 0 aliphatic carbocycles. The van der Waals surface area contributed by atoms with Crippen LogP contribution in [0.25, 0.3) is 0 Å². The summed E-state index contributed by atoms with van der Waals surface area (Å²) in [6.07, 6.45) is 1.41. The summed E-state index contributed by atoms with van der Waals surface area (Å²) in [5, 5.41) is 25.7. The van der Waals surface area contributed by atoms with Crippen LogP contribution in [0.15, 0.2) is 23.3 Å². The van der Waals surface area contributed by atoms with E-state index in [1.165, 1.54) is 12.3 Å². The second kappa shape index (κ2) is 6.36. The number of nitrogens with zero attached hydrogens (tertiary/aromatic N) is 7. The number of aromatic nitrogens is 4. The van der Waals surface area contributed by atoms with Gasteiger partial charge in [-0.2, -0.15) is 5.10 Å². The van der Waals surface area contributed by atoms with Crippen LogP contribution in [0.5, 0.6) is 0 Å². The highest BCUT2D eigenvalue weighted by molar-refractivity contribution is 5.83. The van der Waals surface area contributed by atoms with Gasteiger partial charge < -0.3 is 15.4 Å². The molecule has 23 heavy (non-hydrogen) atoms. The lowest BCUT2D eigenvalue weighted by atomic mass is 10.1. The van der Waals surface area contributed by atoms with Crippen molar-refractivity contribution in [1.82, 2.24) is 20.3 Å². The highest BCUT2D eigenvalue weighted by atomic mass is 16.6. The Bertz CT molecular complexity index is 738.